The Morgan fingerprint density at radius 1 is 1.18 bits per heavy atom. The van der Waals surface area contributed by atoms with Crippen molar-refractivity contribution < 1.29 is 0 Å². The van der Waals surface area contributed by atoms with E-state index in [4.69, 9.17) is 5.26 Å². The van der Waals surface area contributed by atoms with Crippen LogP contribution < -0.4 is 0 Å². The number of benzene rings is 1. The van der Waals surface area contributed by atoms with Crippen LogP contribution in [0.4, 0.5) is 0 Å². The topological polar surface area (TPSA) is 65.4 Å². The summed E-state index contributed by atoms with van der Waals surface area (Å²) in [5.74, 6) is 0. The van der Waals surface area contributed by atoms with Crippen molar-refractivity contribution in [2.75, 3.05) is 0 Å². The van der Waals surface area contributed by atoms with Crippen LogP contribution in [0.5, 0.6) is 0 Å². The summed E-state index contributed by atoms with van der Waals surface area (Å²) in [6.07, 6.45) is 5.11. The fourth-order valence-corrected chi connectivity index (χ4v) is 1.90. The van der Waals surface area contributed by atoms with Gasteiger partial charge in [0.05, 0.1) is 11.6 Å². The summed E-state index contributed by atoms with van der Waals surface area (Å²) in [7, 11) is 0. The van der Waals surface area contributed by atoms with Gasteiger partial charge in [0.1, 0.15) is 12.0 Å². The predicted octanol–water partition coefficient (Wildman–Crippen LogP) is 2.50. The molecule has 0 saturated heterocycles. The van der Waals surface area contributed by atoms with Crippen molar-refractivity contribution in [3.63, 3.8) is 0 Å². The number of nitriles is 1. The Bertz CT molecular complexity index is 721. The van der Waals surface area contributed by atoms with E-state index >= 15 is 0 Å². The first-order valence-electron chi connectivity index (χ1n) is 5.17. The summed E-state index contributed by atoms with van der Waals surface area (Å²) < 4.78 is 0. The number of nitrogens with zero attached hydrogens (tertiary/aromatic N) is 3. The summed E-state index contributed by atoms with van der Waals surface area (Å²) in [6, 6.07) is 9.69. The standard InChI is InChI=1S/C13H8N4/c14-5-9-3-1-2-4-10(9)11-7-16-13-12(11)6-15-8-17-13/h1-4,6-8H,(H,15,16,17). The molecule has 3 rings (SSSR count). The Morgan fingerprint density at radius 3 is 2.94 bits per heavy atom. The summed E-state index contributed by atoms with van der Waals surface area (Å²) in [5, 5.41) is 10.0. The Hall–Kier alpha value is -2.67. The van der Waals surface area contributed by atoms with Crippen molar-refractivity contribution in [1.82, 2.24) is 15.0 Å². The number of hydrogen-bond donors (Lipinski definition) is 1. The van der Waals surface area contributed by atoms with Gasteiger partial charge in [-0.3, -0.25) is 0 Å². The number of hydrogen-bond acceptors (Lipinski definition) is 3. The monoisotopic (exact) mass is 220 g/mol. The fraction of sp³-hybridized carbons (Fsp3) is 0. The Labute approximate surface area is 97.6 Å². The number of rotatable bonds is 1. The quantitative estimate of drug-likeness (QED) is 0.685. The average Bonchev–Trinajstić information content (AvgIpc) is 2.82. The molecule has 0 radical (unpaired) electrons. The predicted molar refractivity (Wildman–Crippen MR) is 64.0 cm³/mol. The van der Waals surface area contributed by atoms with Crippen LogP contribution in [0, 0.1) is 11.3 Å². The minimum atomic E-state index is 0.650. The molecule has 0 aliphatic heterocycles. The minimum Gasteiger partial charge on any atom is -0.345 e. The van der Waals surface area contributed by atoms with E-state index in [0.29, 0.717) is 5.56 Å². The molecule has 3 aromatic rings. The van der Waals surface area contributed by atoms with Crippen LogP contribution >= 0.6 is 0 Å². The van der Waals surface area contributed by atoms with Crippen molar-refractivity contribution in [2.45, 2.75) is 0 Å². The van der Waals surface area contributed by atoms with E-state index in [-0.39, 0.29) is 0 Å². The van der Waals surface area contributed by atoms with Gasteiger partial charge in [0.2, 0.25) is 0 Å². The summed E-state index contributed by atoms with van der Waals surface area (Å²) >= 11 is 0. The maximum absolute atomic E-state index is 9.10. The second-order valence-corrected chi connectivity index (χ2v) is 3.64. The highest BCUT2D eigenvalue weighted by Crippen LogP contribution is 2.29. The van der Waals surface area contributed by atoms with E-state index in [1.54, 1.807) is 12.3 Å². The van der Waals surface area contributed by atoms with Gasteiger partial charge < -0.3 is 4.98 Å². The SMILES string of the molecule is N#Cc1ccccc1-c1c[nH]c2ncncc12. The fourth-order valence-electron chi connectivity index (χ4n) is 1.90. The van der Waals surface area contributed by atoms with E-state index in [1.807, 2.05) is 24.4 Å². The smallest absolute Gasteiger partial charge is 0.141 e. The van der Waals surface area contributed by atoms with Gasteiger partial charge in [-0.1, -0.05) is 18.2 Å². The molecule has 2 heterocycles. The highest BCUT2D eigenvalue weighted by Gasteiger charge is 2.09. The molecule has 0 amide bonds. The molecule has 0 atom stereocenters. The van der Waals surface area contributed by atoms with Gasteiger partial charge in [-0.15, -0.1) is 0 Å². The zero-order chi connectivity index (χ0) is 11.7. The molecule has 17 heavy (non-hydrogen) atoms. The third-order valence-corrected chi connectivity index (χ3v) is 2.69. The molecule has 0 fully saturated rings. The van der Waals surface area contributed by atoms with Crippen molar-refractivity contribution in [3.8, 4) is 17.2 Å². The van der Waals surface area contributed by atoms with Crippen LogP contribution in [0.1, 0.15) is 5.56 Å². The van der Waals surface area contributed by atoms with Gasteiger partial charge in [0.15, 0.2) is 0 Å². The highest BCUT2D eigenvalue weighted by atomic mass is 14.9. The van der Waals surface area contributed by atoms with Gasteiger partial charge in [-0.25, -0.2) is 9.97 Å². The van der Waals surface area contributed by atoms with Gasteiger partial charge in [0, 0.05) is 28.9 Å². The largest absolute Gasteiger partial charge is 0.345 e. The van der Waals surface area contributed by atoms with Crippen LogP contribution in [-0.4, -0.2) is 15.0 Å². The molecule has 4 nitrogen and oxygen atoms in total. The molecule has 1 N–H and O–H groups in total. The maximum Gasteiger partial charge on any atom is 0.141 e. The summed E-state index contributed by atoms with van der Waals surface area (Å²) in [5.41, 5.74) is 3.29. The van der Waals surface area contributed by atoms with Crippen LogP contribution in [0.2, 0.25) is 0 Å². The number of nitrogens with one attached hydrogen (secondary N) is 1. The lowest BCUT2D eigenvalue weighted by molar-refractivity contribution is 1.20. The van der Waals surface area contributed by atoms with Crippen LogP contribution in [-0.2, 0) is 0 Å². The molecule has 1 aromatic carbocycles. The highest BCUT2D eigenvalue weighted by molar-refractivity contribution is 5.94. The molecule has 0 aliphatic carbocycles. The molecular formula is C13H8N4. The first-order chi connectivity index (χ1) is 8.40. The first kappa shape index (κ1) is 9.55. The molecule has 0 aliphatic rings. The molecule has 0 saturated carbocycles. The molecule has 4 heteroatoms. The molecule has 0 bridgehead atoms. The van der Waals surface area contributed by atoms with E-state index in [0.717, 1.165) is 22.2 Å². The summed E-state index contributed by atoms with van der Waals surface area (Å²) in [4.78, 5) is 11.2. The van der Waals surface area contributed by atoms with E-state index in [9.17, 15) is 0 Å². The number of H-pyrrole nitrogens is 1. The zero-order valence-electron chi connectivity index (χ0n) is 8.88. The Morgan fingerprint density at radius 2 is 2.06 bits per heavy atom. The van der Waals surface area contributed by atoms with Crippen molar-refractivity contribution >= 4 is 11.0 Å². The van der Waals surface area contributed by atoms with Crippen molar-refractivity contribution in [1.29, 1.82) is 5.26 Å². The van der Waals surface area contributed by atoms with Crippen LogP contribution in [0.25, 0.3) is 22.2 Å². The molecule has 2 aromatic heterocycles. The third-order valence-electron chi connectivity index (χ3n) is 2.69. The Kier molecular flexibility index (Phi) is 2.09. The van der Waals surface area contributed by atoms with Crippen molar-refractivity contribution in [3.05, 3.63) is 48.5 Å². The summed E-state index contributed by atoms with van der Waals surface area (Å²) in [6.45, 7) is 0. The number of aromatic nitrogens is 3. The molecule has 80 valence electrons. The number of aromatic amines is 1. The lowest BCUT2D eigenvalue weighted by atomic mass is 10.0. The minimum absolute atomic E-state index is 0.650. The van der Waals surface area contributed by atoms with Gasteiger partial charge in [-0.05, 0) is 6.07 Å². The molecule has 0 unspecified atom stereocenters. The van der Waals surface area contributed by atoms with E-state index < -0.39 is 0 Å². The second kappa shape index (κ2) is 3.72. The Balaban J connectivity index is 2.32. The van der Waals surface area contributed by atoms with E-state index in [1.165, 1.54) is 6.33 Å². The molecular weight excluding hydrogens is 212 g/mol. The number of fused-ring (bicyclic) bond motifs is 1. The van der Waals surface area contributed by atoms with E-state index in [2.05, 4.69) is 21.0 Å². The maximum atomic E-state index is 9.10. The molecule has 0 spiro atoms. The first-order valence-corrected chi connectivity index (χ1v) is 5.17. The van der Waals surface area contributed by atoms with Crippen LogP contribution in [0.15, 0.2) is 43.0 Å². The normalized spacial score (nSPS) is 10.3. The van der Waals surface area contributed by atoms with Gasteiger partial charge in [0.25, 0.3) is 0 Å². The third kappa shape index (κ3) is 1.45. The lowest BCUT2D eigenvalue weighted by Crippen LogP contribution is -1.83. The van der Waals surface area contributed by atoms with Gasteiger partial charge >= 0.3 is 0 Å². The van der Waals surface area contributed by atoms with Gasteiger partial charge in [-0.2, -0.15) is 5.26 Å². The zero-order valence-corrected chi connectivity index (χ0v) is 8.88. The lowest BCUT2D eigenvalue weighted by Gasteiger charge is -2.01. The van der Waals surface area contributed by atoms with Crippen molar-refractivity contribution in [2.24, 2.45) is 0 Å². The average molecular weight is 220 g/mol. The van der Waals surface area contributed by atoms with Crippen LogP contribution in [0.3, 0.4) is 0 Å². The second-order valence-electron chi connectivity index (χ2n) is 3.64.